The third kappa shape index (κ3) is 8.22. The smallest absolute Gasteiger partial charge is 0.157 e. The Kier molecular flexibility index (Phi) is 11.1. The molecule has 3 heteroatoms. The van der Waals surface area contributed by atoms with Crippen LogP contribution in [-0.2, 0) is 0 Å². The highest BCUT2D eigenvalue weighted by atomic mass is 15.0. The molecule has 2 N–H and O–H groups in total. The zero-order valence-corrected chi connectivity index (χ0v) is 31.7. The number of benzene rings is 5. The van der Waals surface area contributed by atoms with E-state index in [4.69, 9.17) is 15.7 Å². The van der Waals surface area contributed by atoms with Crippen LogP contribution >= 0.6 is 0 Å². The summed E-state index contributed by atoms with van der Waals surface area (Å²) in [6.45, 7) is 2.14. The zero-order chi connectivity index (χ0) is 37.4. The minimum atomic E-state index is -0.0822. The number of hydrogen-bond acceptors (Lipinski definition) is 1. The molecule has 0 bridgehead atoms. The molecule has 272 valence electrons. The topological polar surface area (TPSA) is 50.7 Å². The van der Waals surface area contributed by atoms with Gasteiger partial charge in [0.1, 0.15) is 5.84 Å². The van der Waals surface area contributed by atoms with E-state index in [1.54, 1.807) is 0 Å². The largest absolute Gasteiger partial charge is 0.383 e. The monoisotopic (exact) mass is 715 g/mol. The van der Waals surface area contributed by atoms with Gasteiger partial charge in [-0.3, -0.25) is 4.99 Å². The summed E-state index contributed by atoms with van der Waals surface area (Å²) in [6, 6.07) is 47.4. The number of amidine groups is 2. The first kappa shape index (κ1) is 35.9. The van der Waals surface area contributed by atoms with Gasteiger partial charge in [-0.25, -0.2) is 4.99 Å². The van der Waals surface area contributed by atoms with Crippen LogP contribution in [0.2, 0.25) is 0 Å². The number of nitrogens with two attached hydrogens (primary N) is 1. The molecule has 0 saturated carbocycles. The van der Waals surface area contributed by atoms with Gasteiger partial charge in [0.05, 0.1) is 6.04 Å². The maximum atomic E-state index is 6.88. The third-order valence-corrected chi connectivity index (χ3v) is 11.2. The summed E-state index contributed by atoms with van der Waals surface area (Å²) < 4.78 is 0. The summed E-state index contributed by atoms with van der Waals surface area (Å²) in [6.07, 6.45) is 21.2. The average molecular weight is 716 g/mol. The third-order valence-electron chi connectivity index (χ3n) is 11.2. The molecule has 0 spiro atoms. The number of rotatable bonds is 9. The molecule has 0 aromatic heterocycles. The van der Waals surface area contributed by atoms with E-state index in [0.717, 1.165) is 42.4 Å². The lowest BCUT2D eigenvalue weighted by Crippen LogP contribution is -2.20. The molecule has 5 aromatic carbocycles. The van der Waals surface area contributed by atoms with Crippen LogP contribution in [0.25, 0.3) is 39.0 Å². The van der Waals surface area contributed by atoms with Gasteiger partial charge in [-0.15, -0.1) is 0 Å². The molecule has 2 atom stereocenters. The molecule has 3 aliphatic rings. The Labute approximate surface area is 326 Å². The summed E-state index contributed by atoms with van der Waals surface area (Å²) in [5.74, 6) is 1.80. The lowest BCUT2D eigenvalue weighted by molar-refractivity contribution is 0.584. The number of nitrogens with zero attached hydrogens (tertiary/aromatic N) is 2. The van der Waals surface area contributed by atoms with E-state index in [2.05, 4.69) is 171 Å². The van der Waals surface area contributed by atoms with Crippen LogP contribution in [0.5, 0.6) is 0 Å². The Bertz CT molecular complexity index is 2370. The quantitative estimate of drug-likeness (QED) is 0.0922. The van der Waals surface area contributed by atoms with Gasteiger partial charge >= 0.3 is 0 Å². The summed E-state index contributed by atoms with van der Waals surface area (Å²) in [5, 5.41) is 0. The van der Waals surface area contributed by atoms with Gasteiger partial charge < -0.3 is 5.73 Å². The maximum absolute atomic E-state index is 6.88. The van der Waals surface area contributed by atoms with Crippen LogP contribution in [0.1, 0.15) is 69.0 Å². The van der Waals surface area contributed by atoms with Crippen molar-refractivity contribution in [3.8, 4) is 33.4 Å². The molecule has 8 rings (SSSR count). The summed E-state index contributed by atoms with van der Waals surface area (Å²) in [5.41, 5.74) is 21.5. The first-order valence-corrected chi connectivity index (χ1v) is 19.9. The van der Waals surface area contributed by atoms with Crippen molar-refractivity contribution in [2.24, 2.45) is 21.6 Å². The Hall–Kier alpha value is -6.06. The number of hydrogen-bond donors (Lipinski definition) is 1. The van der Waals surface area contributed by atoms with E-state index in [-0.39, 0.29) is 6.04 Å². The van der Waals surface area contributed by atoms with Crippen molar-refractivity contribution >= 4 is 17.2 Å². The highest BCUT2D eigenvalue weighted by Gasteiger charge is 2.21. The van der Waals surface area contributed by atoms with Crippen molar-refractivity contribution in [3.63, 3.8) is 0 Å². The van der Waals surface area contributed by atoms with Crippen molar-refractivity contribution in [1.82, 2.24) is 0 Å². The van der Waals surface area contributed by atoms with Gasteiger partial charge in [0.15, 0.2) is 5.84 Å². The van der Waals surface area contributed by atoms with Crippen molar-refractivity contribution in [1.29, 1.82) is 0 Å². The second-order valence-corrected chi connectivity index (χ2v) is 14.8. The molecule has 3 nitrogen and oxygen atoms in total. The lowest BCUT2D eigenvalue weighted by atomic mass is 9.83. The van der Waals surface area contributed by atoms with Crippen LogP contribution in [0.4, 0.5) is 0 Å². The van der Waals surface area contributed by atoms with Gasteiger partial charge in [0.2, 0.25) is 0 Å². The van der Waals surface area contributed by atoms with E-state index in [0.29, 0.717) is 17.6 Å². The van der Waals surface area contributed by atoms with Gasteiger partial charge in [0, 0.05) is 5.57 Å². The second-order valence-electron chi connectivity index (χ2n) is 14.8. The van der Waals surface area contributed by atoms with Crippen LogP contribution in [0.15, 0.2) is 197 Å². The van der Waals surface area contributed by atoms with E-state index in [9.17, 15) is 0 Å². The molecule has 55 heavy (non-hydrogen) atoms. The normalized spacial score (nSPS) is 18.2. The Morgan fingerprint density at radius 1 is 0.636 bits per heavy atom. The fourth-order valence-corrected chi connectivity index (χ4v) is 8.25. The summed E-state index contributed by atoms with van der Waals surface area (Å²) >= 11 is 0. The molecule has 5 aromatic rings. The van der Waals surface area contributed by atoms with E-state index in [1.807, 2.05) is 6.07 Å². The first-order valence-electron chi connectivity index (χ1n) is 19.9. The molecule has 2 unspecified atom stereocenters. The Balaban J connectivity index is 1.17. The maximum Gasteiger partial charge on any atom is 0.157 e. The number of aliphatic imine (C=N–C) groups is 2. The Morgan fingerprint density at radius 2 is 1.24 bits per heavy atom. The molecule has 0 fully saturated rings. The van der Waals surface area contributed by atoms with Gasteiger partial charge in [-0.05, 0) is 120 Å². The van der Waals surface area contributed by atoms with Crippen molar-refractivity contribution < 1.29 is 0 Å². The van der Waals surface area contributed by atoms with Crippen molar-refractivity contribution in [2.45, 2.75) is 57.9 Å². The van der Waals surface area contributed by atoms with Crippen LogP contribution in [0.3, 0.4) is 0 Å². The van der Waals surface area contributed by atoms with E-state index >= 15 is 0 Å². The van der Waals surface area contributed by atoms with Crippen LogP contribution in [-0.4, -0.2) is 11.7 Å². The minimum Gasteiger partial charge on any atom is -0.383 e. The van der Waals surface area contributed by atoms with E-state index in [1.165, 1.54) is 69.4 Å². The van der Waals surface area contributed by atoms with E-state index < -0.39 is 0 Å². The first-order chi connectivity index (χ1) is 27.1. The summed E-state index contributed by atoms with van der Waals surface area (Å²) in [7, 11) is 0. The molecule has 0 heterocycles. The molecule has 0 saturated heterocycles. The highest BCUT2D eigenvalue weighted by molar-refractivity contribution is 6.13. The summed E-state index contributed by atoms with van der Waals surface area (Å²) in [4.78, 5) is 10.4. The standard InChI is InChI=1S/C52H49N3/c1-37(38-18-5-2-6-19-38)54-52(55-51(53)42-34-32-40(33-35-42)39-20-7-3-8-21-39)44-25-17-24-43(36-44)46-27-12-14-29-48(46)50-31-16-15-30-49(50)47-28-13-11-26-45(47)41-22-9-4-10-23-41/h2,4-7,9-16,18-20,22-23,25-32,34,36-37,39H,3,8,17,21,24,33,35H2,1H3,(H2,53,54,55). The predicted octanol–water partition coefficient (Wildman–Crippen LogP) is 13.3. The molecular formula is C52H49N3. The van der Waals surface area contributed by atoms with Gasteiger partial charge in [0.25, 0.3) is 0 Å². The van der Waals surface area contributed by atoms with Gasteiger partial charge in [-0.2, -0.15) is 0 Å². The fraction of sp³-hybridized carbons (Fsp3) is 0.192. The molecule has 0 aliphatic heterocycles. The molecule has 0 radical (unpaired) electrons. The predicted molar refractivity (Wildman–Crippen MR) is 234 cm³/mol. The molecule has 0 amide bonds. The number of allylic oxidation sites excluding steroid dienone is 7. The van der Waals surface area contributed by atoms with Crippen LogP contribution in [0, 0.1) is 5.92 Å². The van der Waals surface area contributed by atoms with Crippen molar-refractivity contribution in [2.75, 3.05) is 0 Å². The zero-order valence-electron chi connectivity index (χ0n) is 31.7. The lowest BCUT2D eigenvalue weighted by Gasteiger charge is -2.23. The molecular weight excluding hydrogens is 667 g/mol. The average Bonchev–Trinajstić information content (AvgIpc) is 3.27. The minimum absolute atomic E-state index is 0.0822. The van der Waals surface area contributed by atoms with Crippen molar-refractivity contribution in [3.05, 3.63) is 198 Å². The SMILES string of the molecule is CC(/N=C(\N=C(/N)C1=CC=C(C2C=CCCC2)CC1)C1=CCCC(c2ccccc2-c2ccccc2-c2ccccc2-c2ccccc2)=C1)c1ccccc1. The highest BCUT2D eigenvalue weighted by Crippen LogP contribution is 2.42. The fourth-order valence-electron chi connectivity index (χ4n) is 8.25. The second kappa shape index (κ2) is 17.0. The van der Waals surface area contributed by atoms with Crippen LogP contribution < -0.4 is 5.73 Å². The molecule has 3 aliphatic carbocycles. The Morgan fingerprint density at radius 3 is 1.87 bits per heavy atom. The van der Waals surface area contributed by atoms with Gasteiger partial charge in [-0.1, -0.05) is 169 Å².